The SMILES string of the molecule is Cc1ccccc1OC(=O)CC(Cl)CCl. The summed E-state index contributed by atoms with van der Waals surface area (Å²) in [6, 6.07) is 7.32. The summed E-state index contributed by atoms with van der Waals surface area (Å²) < 4.78 is 5.14. The molecule has 1 unspecified atom stereocenters. The van der Waals surface area contributed by atoms with Gasteiger partial charge in [-0.1, -0.05) is 18.2 Å². The molecule has 0 aliphatic carbocycles. The minimum atomic E-state index is -0.372. The van der Waals surface area contributed by atoms with E-state index in [0.717, 1.165) is 5.56 Å². The Kier molecular flexibility index (Phi) is 4.92. The summed E-state index contributed by atoms with van der Waals surface area (Å²) in [5, 5.41) is -0.372. The molecule has 0 saturated carbocycles. The Hall–Kier alpha value is -0.730. The minimum absolute atomic E-state index is 0.124. The van der Waals surface area contributed by atoms with Crippen molar-refractivity contribution in [3.63, 3.8) is 0 Å². The van der Waals surface area contributed by atoms with E-state index in [2.05, 4.69) is 0 Å². The van der Waals surface area contributed by atoms with Gasteiger partial charge >= 0.3 is 5.97 Å². The molecular weight excluding hydrogens is 235 g/mol. The maximum Gasteiger partial charge on any atom is 0.312 e. The van der Waals surface area contributed by atoms with Crippen LogP contribution in [0, 0.1) is 6.92 Å². The number of para-hydroxylation sites is 1. The average molecular weight is 247 g/mol. The maximum absolute atomic E-state index is 11.4. The number of hydrogen-bond donors (Lipinski definition) is 0. The Morgan fingerprint density at radius 3 is 2.73 bits per heavy atom. The molecule has 0 fully saturated rings. The van der Waals surface area contributed by atoms with Gasteiger partial charge in [0, 0.05) is 5.88 Å². The molecule has 15 heavy (non-hydrogen) atoms. The maximum atomic E-state index is 11.4. The zero-order chi connectivity index (χ0) is 11.3. The molecule has 0 saturated heterocycles. The molecule has 1 atom stereocenters. The lowest BCUT2D eigenvalue weighted by Crippen LogP contribution is -2.15. The Morgan fingerprint density at radius 2 is 2.13 bits per heavy atom. The number of alkyl halides is 2. The van der Waals surface area contributed by atoms with E-state index >= 15 is 0 Å². The molecule has 82 valence electrons. The Morgan fingerprint density at radius 1 is 1.47 bits per heavy atom. The lowest BCUT2D eigenvalue weighted by Gasteiger charge is -2.08. The molecule has 0 aliphatic rings. The minimum Gasteiger partial charge on any atom is -0.426 e. The second kappa shape index (κ2) is 5.99. The van der Waals surface area contributed by atoms with Crippen molar-refractivity contribution >= 4 is 29.2 Å². The molecule has 0 heterocycles. The predicted molar refractivity (Wildman–Crippen MR) is 61.8 cm³/mol. The van der Waals surface area contributed by atoms with E-state index in [1.165, 1.54) is 0 Å². The molecule has 0 radical (unpaired) electrons. The summed E-state index contributed by atoms with van der Waals surface area (Å²) in [4.78, 5) is 11.4. The third kappa shape index (κ3) is 4.10. The van der Waals surface area contributed by atoms with Gasteiger partial charge in [-0.05, 0) is 18.6 Å². The van der Waals surface area contributed by atoms with Crippen LogP contribution in [0.1, 0.15) is 12.0 Å². The number of carbonyl (C=O) groups excluding carboxylic acids is 1. The summed E-state index contributed by atoms with van der Waals surface area (Å²) in [5.41, 5.74) is 0.919. The van der Waals surface area contributed by atoms with Gasteiger partial charge in [-0.15, -0.1) is 23.2 Å². The highest BCUT2D eigenvalue weighted by Gasteiger charge is 2.12. The molecule has 1 rings (SSSR count). The fourth-order valence-electron chi connectivity index (χ4n) is 1.07. The zero-order valence-corrected chi connectivity index (χ0v) is 9.89. The van der Waals surface area contributed by atoms with E-state index < -0.39 is 0 Å². The zero-order valence-electron chi connectivity index (χ0n) is 8.37. The highest BCUT2D eigenvalue weighted by molar-refractivity contribution is 6.28. The average Bonchev–Trinajstić information content (AvgIpc) is 2.21. The summed E-state index contributed by atoms with van der Waals surface area (Å²) in [7, 11) is 0. The van der Waals surface area contributed by atoms with Crippen LogP contribution in [-0.2, 0) is 4.79 Å². The standard InChI is InChI=1S/C11H12Cl2O2/c1-8-4-2-3-5-10(8)15-11(14)6-9(13)7-12/h2-5,9H,6-7H2,1H3. The number of esters is 1. The van der Waals surface area contributed by atoms with E-state index in [0.29, 0.717) is 5.75 Å². The fraction of sp³-hybridized carbons (Fsp3) is 0.364. The molecule has 1 aromatic rings. The van der Waals surface area contributed by atoms with Crippen molar-refractivity contribution in [1.82, 2.24) is 0 Å². The topological polar surface area (TPSA) is 26.3 Å². The number of halogens is 2. The largest absolute Gasteiger partial charge is 0.426 e. The first-order valence-corrected chi connectivity index (χ1v) is 5.57. The van der Waals surface area contributed by atoms with E-state index in [1.807, 2.05) is 25.1 Å². The van der Waals surface area contributed by atoms with E-state index in [4.69, 9.17) is 27.9 Å². The van der Waals surface area contributed by atoms with Crippen LogP contribution in [0.2, 0.25) is 0 Å². The van der Waals surface area contributed by atoms with Crippen LogP contribution in [0.25, 0.3) is 0 Å². The van der Waals surface area contributed by atoms with E-state index in [1.54, 1.807) is 6.07 Å². The number of carbonyl (C=O) groups is 1. The molecule has 1 aromatic carbocycles. The van der Waals surface area contributed by atoms with Gasteiger partial charge in [0.15, 0.2) is 0 Å². The molecular formula is C11H12Cl2O2. The monoisotopic (exact) mass is 246 g/mol. The van der Waals surface area contributed by atoms with Gasteiger partial charge in [-0.25, -0.2) is 0 Å². The molecule has 0 spiro atoms. The van der Waals surface area contributed by atoms with Crippen LogP contribution in [0.5, 0.6) is 5.75 Å². The van der Waals surface area contributed by atoms with Crippen LogP contribution in [0.4, 0.5) is 0 Å². The smallest absolute Gasteiger partial charge is 0.312 e. The van der Waals surface area contributed by atoms with E-state index in [-0.39, 0.29) is 23.6 Å². The van der Waals surface area contributed by atoms with E-state index in [9.17, 15) is 4.79 Å². The first-order chi connectivity index (χ1) is 7.13. The third-order valence-electron chi connectivity index (χ3n) is 1.87. The van der Waals surface area contributed by atoms with Crippen LogP contribution in [0.3, 0.4) is 0 Å². The molecule has 2 nitrogen and oxygen atoms in total. The number of ether oxygens (including phenoxy) is 1. The van der Waals surface area contributed by atoms with Crippen molar-refractivity contribution in [2.45, 2.75) is 18.7 Å². The normalized spacial score (nSPS) is 12.2. The Bertz CT molecular complexity index is 339. The first-order valence-electron chi connectivity index (χ1n) is 4.60. The Balaban J connectivity index is 2.55. The lowest BCUT2D eigenvalue weighted by molar-refractivity contribution is -0.134. The van der Waals surface area contributed by atoms with Crippen LogP contribution < -0.4 is 4.74 Å². The van der Waals surface area contributed by atoms with Gasteiger partial charge in [0.1, 0.15) is 5.75 Å². The first kappa shape index (κ1) is 12.3. The van der Waals surface area contributed by atoms with Gasteiger partial charge in [-0.3, -0.25) is 4.79 Å². The quantitative estimate of drug-likeness (QED) is 0.464. The van der Waals surface area contributed by atoms with Gasteiger partial charge < -0.3 is 4.74 Å². The van der Waals surface area contributed by atoms with Gasteiger partial charge in [-0.2, -0.15) is 0 Å². The van der Waals surface area contributed by atoms with Gasteiger partial charge in [0.2, 0.25) is 0 Å². The molecule has 4 heteroatoms. The molecule has 0 aliphatic heterocycles. The van der Waals surface area contributed by atoms with Gasteiger partial charge in [0.05, 0.1) is 11.8 Å². The van der Waals surface area contributed by atoms with Crippen LogP contribution in [0.15, 0.2) is 24.3 Å². The lowest BCUT2D eigenvalue weighted by atomic mass is 10.2. The molecule has 0 amide bonds. The molecule has 0 aromatic heterocycles. The Labute approximate surface area is 99.1 Å². The number of aryl methyl sites for hydroxylation is 1. The van der Waals surface area contributed by atoms with Crippen molar-refractivity contribution < 1.29 is 9.53 Å². The van der Waals surface area contributed by atoms with Crippen molar-refractivity contribution in [3.05, 3.63) is 29.8 Å². The molecule has 0 bridgehead atoms. The summed E-state index contributed by atoms with van der Waals surface area (Å²) in [5.74, 6) is 0.454. The van der Waals surface area contributed by atoms with Crippen molar-refractivity contribution in [2.75, 3.05) is 5.88 Å². The second-order valence-electron chi connectivity index (χ2n) is 3.20. The molecule has 0 N–H and O–H groups in total. The van der Waals surface area contributed by atoms with Crippen molar-refractivity contribution in [3.8, 4) is 5.75 Å². The predicted octanol–water partition coefficient (Wildman–Crippen LogP) is 3.14. The third-order valence-corrected chi connectivity index (χ3v) is 2.71. The number of rotatable bonds is 4. The van der Waals surface area contributed by atoms with Crippen LogP contribution in [-0.4, -0.2) is 17.2 Å². The fourth-order valence-corrected chi connectivity index (χ4v) is 1.31. The van der Waals surface area contributed by atoms with Crippen molar-refractivity contribution in [2.24, 2.45) is 0 Å². The highest BCUT2D eigenvalue weighted by atomic mass is 35.5. The number of hydrogen-bond acceptors (Lipinski definition) is 2. The summed E-state index contributed by atoms with van der Waals surface area (Å²) >= 11 is 11.2. The number of benzene rings is 1. The second-order valence-corrected chi connectivity index (χ2v) is 4.12. The van der Waals surface area contributed by atoms with Gasteiger partial charge in [0.25, 0.3) is 0 Å². The summed E-state index contributed by atoms with van der Waals surface area (Å²) in [6.07, 6.45) is 0.124. The summed E-state index contributed by atoms with van der Waals surface area (Å²) in [6.45, 7) is 1.88. The van der Waals surface area contributed by atoms with Crippen LogP contribution >= 0.6 is 23.2 Å². The van der Waals surface area contributed by atoms with Crippen molar-refractivity contribution in [1.29, 1.82) is 0 Å². The highest BCUT2D eigenvalue weighted by Crippen LogP contribution is 2.17.